The predicted molar refractivity (Wildman–Crippen MR) is 83.5 cm³/mol. The van der Waals surface area contributed by atoms with E-state index in [-0.39, 0.29) is 11.8 Å². The second-order valence-corrected chi connectivity index (χ2v) is 5.95. The van der Waals surface area contributed by atoms with Gasteiger partial charge in [-0.15, -0.1) is 0 Å². The van der Waals surface area contributed by atoms with E-state index in [0.29, 0.717) is 31.0 Å². The molecule has 124 valence electrons. The summed E-state index contributed by atoms with van der Waals surface area (Å²) < 4.78 is 5.09. The fourth-order valence-electron chi connectivity index (χ4n) is 2.81. The molecular weight excluding hydrogens is 284 g/mol. The highest BCUT2D eigenvalue weighted by Crippen LogP contribution is 2.16. The molecule has 0 aromatic carbocycles. The number of ether oxygens (including phenoxy) is 1. The standard InChI is InChI=1S/C15H26N4O3/c1-18-14(20)4-3-13(17-18)15(21)16-11-12-5-7-19(8-6-12)9-10-22-2/h12H,3-11H2,1-2H3,(H,16,21). The molecule has 0 bridgehead atoms. The molecule has 0 aliphatic carbocycles. The minimum Gasteiger partial charge on any atom is -0.383 e. The van der Waals surface area contributed by atoms with Crippen LogP contribution in [0.1, 0.15) is 25.7 Å². The summed E-state index contributed by atoms with van der Waals surface area (Å²) in [7, 11) is 3.31. The number of carbonyl (C=O) groups is 2. The van der Waals surface area contributed by atoms with Crippen LogP contribution in [0.4, 0.5) is 0 Å². The summed E-state index contributed by atoms with van der Waals surface area (Å²) in [5.41, 5.74) is 0.458. The normalized spacial score (nSPS) is 20.9. The number of hydrogen-bond donors (Lipinski definition) is 1. The van der Waals surface area contributed by atoms with Crippen molar-refractivity contribution < 1.29 is 14.3 Å². The number of methoxy groups -OCH3 is 1. The minimum atomic E-state index is -0.138. The molecule has 1 fully saturated rings. The molecule has 1 saturated heterocycles. The van der Waals surface area contributed by atoms with Crippen LogP contribution in [0.5, 0.6) is 0 Å². The highest BCUT2D eigenvalue weighted by Gasteiger charge is 2.23. The molecule has 0 spiro atoms. The van der Waals surface area contributed by atoms with E-state index >= 15 is 0 Å². The summed E-state index contributed by atoms with van der Waals surface area (Å²) in [6.07, 6.45) is 2.98. The number of rotatable bonds is 6. The average Bonchev–Trinajstić information content (AvgIpc) is 2.54. The van der Waals surface area contributed by atoms with Crippen molar-refractivity contribution in [1.29, 1.82) is 0 Å². The van der Waals surface area contributed by atoms with Crippen molar-refractivity contribution in [2.45, 2.75) is 25.7 Å². The smallest absolute Gasteiger partial charge is 0.267 e. The number of nitrogens with one attached hydrogen (secondary N) is 1. The van der Waals surface area contributed by atoms with Crippen LogP contribution in [0.15, 0.2) is 5.10 Å². The van der Waals surface area contributed by atoms with Crippen molar-refractivity contribution in [3.63, 3.8) is 0 Å². The Morgan fingerprint density at radius 3 is 2.73 bits per heavy atom. The van der Waals surface area contributed by atoms with Gasteiger partial charge < -0.3 is 15.0 Å². The Morgan fingerprint density at radius 1 is 1.36 bits per heavy atom. The predicted octanol–water partition coefficient (Wildman–Crippen LogP) is 0.0692. The van der Waals surface area contributed by atoms with Crippen molar-refractivity contribution in [2.24, 2.45) is 11.0 Å². The zero-order valence-corrected chi connectivity index (χ0v) is 13.5. The first-order valence-corrected chi connectivity index (χ1v) is 7.93. The summed E-state index contributed by atoms with van der Waals surface area (Å²) >= 11 is 0. The number of likely N-dealkylation sites (tertiary alicyclic amines) is 1. The quantitative estimate of drug-likeness (QED) is 0.753. The molecule has 0 atom stereocenters. The van der Waals surface area contributed by atoms with Crippen molar-refractivity contribution in [1.82, 2.24) is 15.2 Å². The van der Waals surface area contributed by atoms with Crippen LogP contribution in [0, 0.1) is 5.92 Å². The summed E-state index contributed by atoms with van der Waals surface area (Å²) in [5, 5.41) is 8.26. The third-order valence-corrected chi connectivity index (χ3v) is 4.34. The van der Waals surface area contributed by atoms with Gasteiger partial charge in [-0.05, 0) is 31.8 Å². The Labute approximate surface area is 131 Å². The van der Waals surface area contributed by atoms with Gasteiger partial charge in [-0.2, -0.15) is 5.10 Å². The van der Waals surface area contributed by atoms with Crippen LogP contribution in [0.3, 0.4) is 0 Å². The van der Waals surface area contributed by atoms with Crippen molar-refractivity contribution >= 4 is 17.5 Å². The first kappa shape index (κ1) is 16.9. The molecule has 7 heteroatoms. The highest BCUT2D eigenvalue weighted by molar-refractivity contribution is 6.39. The third-order valence-electron chi connectivity index (χ3n) is 4.34. The molecular formula is C15H26N4O3. The highest BCUT2D eigenvalue weighted by atomic mass is 16.5. The van der Waals surface area contributed by atoms with Gasteiger partial charge in [-0.25, -0.2) is 5.01 Å². The maximum Gasteiger partial charge on any atom is 0.267 e. The second-order valence-electron chi connectivity index (χ2n) is 5.95. The molecule has 0 saturated carbocycles. The summed E-state index contributed by atoms with van der Waals surface area (Å²) in [4.78, 5) is 25.8. The number of nitrogens with zero attached hydrogens (tertiary/aromatic N) is 3. The van der Waals surface area contributed by atoms with Gasteiger partial charge in [0.15, 0.2) is 0 Å². The topological polar surface area (TPSA) is 74.2 Å². The SMILES string of the molecule is COCCN1CCC(CNC(=O)C2=NN(C)C(=O)CC2)CC1. The summed E-state index contributed by atoms with van der Waals surface area (Å²) in [6.45, 7) is 4.55. The van der Waals surface area contributed by atoms with Crippen LogP contribution < -0.4 is 5.32 Å². The molecule has 2 aliphatic rings. The van der Waals surface area contributed by atoms with E-state index in [9.17, 15) is 9.59 Å². The Balaban J connectivity index is 1.69. The molecule has 2 heterocycles. The Hall–Kier alpha value is -1.47. The van der Waals surface area contributed by atoms with Gasteiger partial charge in [0.1, 0.15) is 5.71 Å². The zero-order chi connectivity index (χ0) is 15.9. The summed E-state index contributed by atoms with van der Waals surface area (Å²) in [6, 6.07) is 0. The van der Waals surface area contributed by atoms with E-state index in [1.807, 2.05) is 0 Å². The van der Waals surface area contributed by atoms with Crippen LogP contribution >= 0.6 is 0 Å². The summed E-state index contributed by atoms with van der Waals surface area (Å²) in [5.74, 6) is 0.340. The van der Waals surface area contributed by atoms with Crippen LogP contribution in [0.25, 0.3) is 0 Å². The number of piperidine rings is 1. The lowest BCUT2D eigenvalue weighted by Gasteiger charge is -2.31. The molecule has 2 aliphatic heterocycles. The Bertz CT molecular complexity index is 431. The fourth-order valence-corrected chi connectivity index (χ4v) is 2.81. The van der Waals surface area contributed by atoms with Crippen LogP contribution in [0.2, 0.25) is 0 Å². The molecule has 2 amide bonds. The van der Waals surface area contributed by atoms with E-state index in [1.54, 1.807) is 14.2 Å². The molecule has 0 unspecified atom stereocenters. The number of amides is 2. The molecule has 0 radical (unpaired) electrons. The van der Waals surface area contributed by atoms with Gasteiger partial charge in [0.05, 0.1) is 6.61 Å². The lowest BCUT2D eigenvalue weighted by atomic mass is 9.96. The van der Waals surface area contributed by atoms with E-state index in [2.05, 4.69) is 15.3 Å². The zero-order valence-electron chi connectivity index (χ0n) is 13.5. The molecule has 7 nitrogen and oxygen atoms in total. The number of hydrogen-bond acceptors (Lipinski definition) is 5. The van der Waals surface area contributed by atoms with E-state index in [4.69, 9.17) is 4.74 Å². The van der Waals surface area contributed by atoms with Gasteiger partial charge in [-0.3, -0.25) is 9.59 Å². The van der Waals surface area contributed by atoms with Crippen molar-refractivity contribution in [3.05, 3.63) is 0 Å². The first-order valence-electron chi connectivity index (χ1n) is 7.93. The molecule has 22 heavy (non-hydrogen) atoms. The number of hydrazone groups is 1. The maximum atomic E-state index is 12.1. The van der Waals surface area contributed by atoms with Gasteiger partial charge >= 0.3 is 0 Å². The monoisotopic (exact) mass is 310 g/mol. The molecule has 0 aromatic heterocycles. The molecule has 1 N–H and O–H groups in total. The largest absolute Gasteiger partial charge is 0.383 e. The first-order chi connectivity index (χ1) is 10.6. The van der Waals surface area contributed by atoms with Crippen LogP contribution in [-0.2, 0) is 14.3 Å². The third kappa shape index (κ3) is 4.78. The number of carbonyl (C=O) groups excluding carboxylic acids is 2. The van der Waals surface area contributed by atoms with Gasteiger partial charge in [0, 0.05) is 40.1 Å². The van der Waals surface area contributed by atoms with Gasteiger partial charge in [-0.1, -0.05) is 0 Å². The van der Waals surface area contributed by atoms with Gasteiger partial charge in [0.2, 0.25) is 5.91 Å². The lowest BCUT2D eigenvalue weighted by Crippen LogP contribution is -2.42. The maximum absolute atomic E-state index is 12.1. The Morgan fingerprint density at radius 2 is 2.09 bits per heavy atom. The minimum absolute atomic E-state index is 0.0417. The van der Waals surface area contributed by atoms with E-state index in [1.165, 1.54) is 5.01 Å². The van der Waals surface area contributed by atoms with Crippen molar-refractivity contribution in [2.75, 3.05) is 46.9 Å². The molecule has 2 rings (SSSR count). The van der Waals surface area contributed by atoms with E-state index < -0.39 is 0 Å². The van der Waals surface area contributed by atoms with Crippen LogP contribution in [-0.4, -0.2) is 74.4 Å². The second kappa shape index (κ2) is 8.24. The fraction of sp³-hybridized carbons (Fsp3) is 0.800. The van der Waals surface area contributed by atoms with Gasteiger partial charge in [0.25, 0.3) is 5.91 Å². The van der Waals surface area contributed by atoms with Crippen molar-refractivity contribution in [3.8, 4) is 0 Å². The van der Waals surface area contributed by atoms with E-state index in [0.717, 1.165) is 39.1 Å². The molecule has 0 aromatic rings. The lowest BCUT2D eigenvalue weighted by molar-refractivity contribution is -0.130. The average molecular weight is 310 g/mol. The Kier molecular flexibility index (Phi) is 6.33.